The second kappa shape index (κ2) is 24.9. The summed E-state index contributed by atoms with van der Waals surface area (Å²) in [5.74, 6) is 1.99. The fraction of sp³-hybridized carbons (Fsp3) is 0.684. The zero-order chi connectivity index (χ0) is 31.6. The summed E-state index contributed by atoms with van der Waals surface area (Å²) < 4.78 is 0. The van der Waals surface area contributed by atoms with E-state index in [0.29, 0.717) is 37.2 Å². The van der Waals surface area contributed by atoms with Crippen molar-refractivity contribution in [2.75, 3.05) is 27.8 Å². The van der Waals surface area contributed by atoms with Gasteiger partial charge in [0.15, 0.2) is 30.8 Å². The summed E-state index contributed by atoms with van der Waals surface area (Å²) in [7, 11) is 5.14. The number of nitrogens with zero attached hydrogens (tertiary/aromatic N) is 23. The second-order valence-corrected chi connectivity index (χ2v) is 7.19. The molecule has 3 rings (SSSR count). The highest BCUT2D eigenvalue weighted by Crippen LogP contribution is 1.94. The van der Waals surface area contributed by atoms with Gasteiger partial charge in [-0.15, -0.1) is 45.0 Å². The van der Waals surface area contributed by atoms with Crippen LogP contribution < -0.4 is 4.91 Å². The summed E-state index contributed by atoms with van der Waals surface area (Å²) in [6.07, 6.45) is 1.39. The van der Waals surface area contributed by atoms with Crippen LogP contribution in [-0.2, 0) is 26.2 Å². The molecule has 0 bridgehead atoms. The summed E-state index contributed by atoms with van der Waals surface area (Å²) in [5, 5.41) is 65.6. The van der Waals surface area contributed by atoms with Gasteiger partial charge in [0.05, 0.1) is 19.2 Å². The van der Waals surface area contributed by atoms with E-state index in [2.05, 4.69) is 81.6 Å². The van der Waals surface area contributed by atoms with E-state index < -0.39 is 0 Å². The Labute approximate surface area is 246 Å². The minimum atomic E-state index is -0.0833. The quantitative estimate of drug-likeness (QED) is 0.112. The molecule has 24 nitrogen and oxygen atoms in total. The lowest BCUT2D eigenvalue weighted by Gasteiger charge is -2.07. The van der Waals surface area contributed by atoms with Crippen molar-refractivity contribution in [3.8, 4) is 12.1 Å². The zero-order valence-corrected chi connectivity index (χ0v) is 24.0. The van der Waals surface area contributed by atoms with Gasteiger partial charge in [-0.05, 0) is 35.0 Å². The number of aromatic nitrogens is 12. The zero-order valence-electron chi connectivity index (χ0n) is 24.0. The number of nitriles is 2. The molecule has 230 valence electrons. The Bertz CT molecular complexity index is 1370. The Morgan fingerprint density at radius 3 is 2.09 bits per heavy atom. The highest BCUT2D eigenvalue weighted by molar-refractivity contribution is 5.83. The van der Waals surface area contributed by atoms with E-state index in [1.807, 2.05) is 13.8 Å². The topological polar surface area (TPSA) is 318 Å². The third-order valence-electron chi connectivity index (χ3n) is 3.90. The summed E-state index contributed by atoms with van der Waals surface area (Å²) in [6.45, 7) is 6.35. The molecule has 0 fully saturated rings. The molecule has 0 saturated carbocycles. The van der Waals surface area contributed by atoms with Crippen LogP contribution in [0.3, 0.4) is 0 Å². The van der Waals surface area contributed by atoms with Crippen molar-refractivity contribution in [2.24, 2.45) is 25.6 Å². The third kappa shape index (κ3) is 19.6. The first kappa shape index (κ1) is 39.0. The highest BCUT2D eigenvalue weighted by atomic mass is 15.7. The van der Waals surface area contributed by atoms with Crippen LogP contribution in [0.2, 0.25) is 0 Å². The van der Waals surface area contributed by atoms with Crippen molar-refractivity contribution >= 4 is 5.71 Å². The molecule has 0 aliphatic rings. The fourth-order valence-corrected chi connectivity index (χ4v) is 2.18. The standard InChI is InChI=1S/C8H16N8.C6H10N8.C3H2N2.CH3N6.CH4/c1-7(9-2)5-8-11-14-16(12-8)6-15(4)13-10-3;1-3-6-8-12-14(10-6)4-13-9-5(2)7-11-13;4-2-1-3-5;2-6-4-1-5-7-3;/h5-6H2,1-4H3;3-4H2,1-2H3;1H2;2H,1H2;1H4/q;;;+1;. The van der Waals surface area contributed by atoms with Gasteiger partial charge in [-0.1, -0.05) is 24.7 Å². The number of rotatable bonds is 10. The number of aryl methyl sites for hydroxylation is 2. The van der Waals surface area contributed by atoms with Crippen molar-refractivity contribution in [3.63, 3.8) is 0 Å². The lowest BCUT2D eigenvalue weighted by atomic mass is 10.3. The van der Waals surface area contributed by atoms with E-state index in [9.17, 15) is 0 Å². The van der Waals surface area contributed by atoms with Gasteiger partial charge >= 0.3 is 0 Å². The second-order valence-electron chi connectivity index (χ2n) is 7.19. The van der Waals surface area contributed by atoms with Crippen LogP contribution in [-0.4, -0.2) is 99.2 Å². The Hall–Kier alpha value is -6.12. The molecule has 3 heterocycles. The maximum Gasteiger partial charge on any atom is 0.214 e. The SMILES string of the molecule is C.CCc1nnn(Cn2nnc(C)n2)n1.CN=NN(C)Cn1nnc(CC(C)=NC)n1.N#CCC#N.[N-]=[N+]=NCN=[N+]=N. The van der Waals surface area contributed by atoms with Crippen LogP contribution in [0.25, 0.3) is 10.4 Å². The van der Waals surface area contributed by atoms with E-state index in [-0.39, 0.29) is 20.5 Å². The molecule has 0 amide bonds. The molecule has 24 heteroatoms. The van der Waals surface area contributed by atoms with E-state index in [1.165, 1.54) is 14.4 Å². The smallest absolute Gasteiger partial charge is 0.214 e. The molecule has 0 saturated heterocycles. The molecule has 0 unspecified atom stereocenters. The molecule has 0 radical (unpaired) electrons. The predicted molar refractivity (Wildman–Crippen MR) is 148 cm³/mol. The molecule has 1 N–H and O–H groups in total. The monoisotopic (exact) mass is 599 g/mol. The molecule has 3 aromatic heterocycles. The summed E-state index contributed by atoms with van der Waals surface area (Å²) in [5.41, 5.74) is 14.6. The third-order valence-corrected chi connectivity index (χ3v) is 3.90. The maximum absolute atomic E-state index is 7.59. The lowest BCUT2D eigenvalue weighted by molar-refractivity contribution is 0.229. The first-order chi connectivity index (χ1) is 20.3. The molecule has 0 spiro atoms. The predicted octanol–water partition coefficient (Wildman–Crippen LogP) is 1.09. The van der Waals surface area contributed by atoms with E-state index in [4.69, 9.17) is 21.6 Å². The first-order valence-corrected chi connectivity index (χ1v) is 11.7. The number of tetrazole rings is 3. The van der Waals surface area contributed by atoms with Crippen molar-refractivity contribution in [3.05, 3.63) is 27.9 Å². The molecule has 3 aromatic rings. The van der Waals surface area contributed by atoms with Crippen molar-refractivity contribution in [2.45, 2.75) is 60.8 Å². The van der Waals surface area contributed by atoms with Gasteiger partial charge in [-0.2, -0.15) is 15.6 Å². The van der Waals surface area contributed by atoms with Crippen molar-refractivity contribution in [1.29, 1.82) is 16.1 Å². The van der Waals surface area contributed by atoms with Gasteiger partial charge in [-0.25, -0.2) is 0 Å². The van der Waals surface area contributed by atoms with Gasteiger partial charge in [-0.3, -0.25) is 10.0 Å². The van der Waals surface area contributed by atoms with Gasteiger partial charge in [0, 0.05) is 37.6 Å². The molecule has 0 aromatic carbocycles. The molecular formula is C19H35N24+. The van der Waals surface area contributed by atoms with Gasteiger partial charge in [0.25, 0.3) is 0 Å². The lowest BCUT2D eigenvalue weighted by Crippen LogP contribution is -2.18. The largest absolute Gasteiger partial charge is 0.297 e. The number of hydrogen-bond acceptors (Lipinski definition) is 17. The Morgan fingerprint density at radius 2 is 1.60 bits per heavy atom. The maximum atomic E-state index is 7.59. The molecule has 0 atom stereocenters. The Kier molecular flexibility index (Phi) is 22.6. The normalized spacial score (nSPS) is 9.53. The highest BCUT2D eigenvalue weighted by Gasteiger charge is 2.05. The number of nitrogens with one attached hydrogen (secondary N) is 1. The van der Waals surface area contributed by atoms with Gasteiger partial charge in [0.1, 0.15) is 17.1 Å². The summed E-state index contributed by atoms with van der Waals surface area (Å²) in [6, 6.07) is 3.31. The van der Waals surface area contributed by atoms with Crippen molar-refractivity contribution < 1.29 is 0 Å². The van der Waals surface area contributed by atoms with Crippen molar-refractivity contribution in [1.82, 2.24) is 70.5 Å². The fourth-order valence-electron chi connectivity index (χ4n) is 2.18. The van der Waals surface area contributed by atoms with E-state index in [1.54, 1.807) is 45.2 Å². The minimum absolute atomic E-state index is 0. The van der Waals surface area contributed by atoms with Crippen LogP contribution in [0.15, 0.2) is 25.6 Å². The van der Waals surface area contributed by atoms with Crippen LogP contribution in [0.1, 0.15) is 45.2 Å². The first-order valence-electron chi connectivity index (χ1n) is 11.7. The van der Waals surface area contributed by atoms with E-state index >= 15 is 0 Å². The Morgan fingerprint density at radius 1 is 1.00 bits per heavy atom. The number of hydrogen-bond donors (Lipinski definition) is 1. The average Bonchev–Trinajstić information content (AvgIpc) is 3.72. The molecule has 0 aliphatic heterocycles. The van der Waals surface area contributed by atoms with Crippen LogP contribution in [0, 0.1) is 35.1 Å². The van der Waals surface area contributed by atoms with Crippen LogP contribution in [0.4, 0.5) is 0 Å². The van der Waals surface area contributed by atoms with Crippen LogP contribution in [0.5, 0.6) is 0 Å². The minimum Gasteiger partial charge on any atom is -0.297 e. The van der Waals surface area contributed by atoms with Crippen LogP contribution >= 0.6 is 0 Å². The number of aliphatic imine (C=N–C) groups is 1. The molecular weight excluding hydrogens is 564 g/mol. The summed E-state index contributed by atoms with van der Waals surface area (Å²) in [4.78, 5) is 13.3. The molecule has 0 aliphatic carbocycles. The number of azide groups is 1. The van der Waals surface area contributed by atoms with E-state index in [0.717, 1.165) is 12.1 Å². The van der Waals surface area contributed by atoms with Gasteiger partial charge < -0.3 is 0 Å². The average molecular weight is 600 g/mol. The summed E-state index contributed by atoms with van der Waals surface area (Å²) >= 11 is 0. The van der Waals surface area contributed by atoms with Gasteiger partial charge in [0.2, 0.25) is 11.6 Å². The Balaban J connectivity index is 0. The molecule has 43 heavy (non-hydrogen) atoms.